The van der Waals surface area contributed by atoms with Crippen molar-refractivity contribution in [2.45, 2.75) is 0 Å². The second-order valence-corrected chi connectivity index (χ2v) is 5.06. The second-order valence-electron chi connectivity index (χ2n) is 3.09. The lowest BCUT2D eigenvalue weighted by Crippen LogP contribution is -1.92. The molecule has 0 aliphatic carbocycles. The van der Waals surface area contributed by atoms with E-state index in [4.69, 9.17) is 23.2 Å². The molecule has 2 rings (SSSR count). The lowest BCUT2D eigenvalue weighted by Gasteiger charge is -2.06. The van der Waals surface area contributed by atoms with Gasteiger partial charge in [-0.05, 0) is 46.4 Å². The van der Waals surface area contributed by atoms with E-state index in [0.717, 1.165) is 3.57 Å². The highest BCUT2D eigenvalue weighted by Crippen LogP contribution is 2.31. The van der Waals surface area contributed by atoms with Crippen molar-refractivity contribution in [3.63, 3.8) is 0 Å². The van der Waals surface area contributed by atoms with Crippen LogP contribution in [-0.2, 0) is 0 Å². The smallest absolute Gasteiger partial charge is 0.221 e. The normalized spacial score (nSPS) is 10.5. The first-order chi connectivity index (χ1) is 7.59. The fourth-order valence-electron chi connectivity index (χ4n) is 1.32. The zero-order valence-electron chi connectivity index (χ0n) is 7.85. The van der Waals surface area contributed by atoms with Crippen molar-refractivity contribution < 1.29 is 4.39 Å². The molecule has 5 heteroatoms. The van der Waals surface area contributed by atoms with E-state index in [9.17, 15) is 4.39 Å². The molecule has 0 amide bonds. The summed E-state index contributed by atoms with van der Waals surface area (Å²) in [6.07, 6.45) is 1.43. The predicted molar refractivity (Wildman–Crippen MR) is 72.4 cm³/mol. The topological polar surface area (TPSA) is 12.9 Å². The van der Waals surface area contributed by atoms with Gasteiger partial charge in [0.25, 0.3) is 0 Å². The van der Waals surface area contributed by atoms with Crippen LogP contribution in [-0.4, -0.2) is 4.98 Å². The Morgan fingerprint density at radius 2 is 1.88 bits per heavy atom. The summed E-state index contributed by atoms with van der Waals surface area (Å²) in [4.78, 5) is 3.62. The standard InChI is InChI=1S/C11H5Cl2FIN/c12-7-2-1-6(5-8(7)13)10-9(15)3-4-16-11(10)14/h1-5H. The molecule has 2 aromatic rings. The van der Waals surface area contributed by atoms with Crippen molar-refractivity contribution in [3.8, 4) is 11.1 Å². The van der Waals surface area contributed by atoms with E-state index in [2.05, 4.69) is 27.6 Å². The molecule has 82 valence electrons. The molecule has 0 N–H and O–H groups in total. The number of nitrogens with zero attached hydrogens (tertiary/aromatic N) is 1. The fourth-order valence-corrected chi connectivity index (χ4v) is 2.32. The maximum atomic E-state index is 13.6. The third-order valence-corrected chi connectivity index (χ3v) is 3.70. The summed E-state index contributed by atoms with van der Waals surface area (Å²) < 4.78 is 14.4. The van der Waals surface area contributed by atoms with Crippen molar-refractivity contribution in [1.29, 1.82) is 0 Å². The average Bonchev–Trinajstić information content (AvgIpc) is 2.23. The van der Waals surface area contributed by atoms with Crippen molar-refractivity contribution in [2.24, 2.45) is 0 Å². The highest BCUT2D eigenvalue weighted by molar-refractivity contribution is 14.1. The molecule has 0 aliphatic heterocycles. The Morgan fingerprint density at radius 3 is 2.50 bits per heavy atom. The molecule has 16 heavy (non-hydrogen) atoms. The highest BCUT2D eigenvalue weighted by Gasteiger charge is 2.11. The summed E-state index contributed by atoms with van der Waals surface area (Å²) in [7, 11) is 0. The maximum absolute atomic E-state index is 13.6. The number of rotatable bonds is 1. The molecule has 1 nitrogen and oxygen atoms in total. The van der Waals surface area contributed by atoms with Gasteiger partial charge in [-0.3, -0.25) is 0 Å². The van der Waals surface area contributed by atoms with Crippen LogP contribution in [0.1, 0.15) is 0 Å². The molecule has 1 aromatic carbocycles. The Kier molecular flexibility index (Phi) is 3.66. The minimum absolute atomic E-state index is 0.401. The summed E-state index contributed by atoms with van der Waals surface area (Å²) >= 11 is 13.7. The molecular weight excluding hydrogens is 363 g/mol. The average molecular weight is 368 g/mol. The Bertz CT molecular complexity index is 525. The highest BCUT2D eigenvalue weighted by atomic mass is 127. The van der Waals surface area contributed by atoms with Crippen LogP contribution >= 0.6 is 45.8 Å². The fraction of sp³-hybridized carbons (Fsp3) is 0. The van der Waals surface area contributed by atoms with E-state index in [1.165, 1.54) is 6.20 Å². The molecule has 0 fully saturated rings. The number of hydrogen-bond acceptors (Lipinski definition) is 1. The summed E-state index contributed by atoms with van der Waals surface area (Å²) in [5, 5.41) is 0.850. The van der Waals surface area contributed by atoms with Gasteiger partial charge in [-0.2, -0.15) is 4.39 Å². The maximum Gasteiger partial charge on any atom is 0.221 e. The van der Waals surface area contributed by atoms with Crippen LogP contribution in [0.15, 0.2) is 30.5 Å². The zero-order valence-corrected chi connectivity index (χ0v) is 11.5. The Morgan fingerprint density at radius 1 is 1.12 bits per heavy atom. The minimum Gasteiger partial charge on any atom is -0.228 e. The van der Waals surface area contributed by atoms with Gasteiger partial charge >= 0.3 is 0 Å². The van der Waals surface area contributed by atoms with Gasteiger partial charge in [0.05, 0.1) is 15.6 Å². The lowest BCUT2D eigenvalue weighted by atomic mass is 10.1. The molecule has 1 aromatic heterocycles. The number of halogens is 4. The summed E-state index contributed by atoms with van der Waals surface area (Å²) in [5.41, 5.74) is 1.12. The van der Waals surface area contributed by atoms with Gasteiger partial charge < -0.3 is 0 Å². The van der Waals surface area contributed by atoms with Crippen LogP contribution in [0.3, 0.4) is 0 Å². The van der Waals surface area contributed by atoms with Gasteiger partial charge in [-0.25, -0.2) is 4.98 Å². The van der Waals surface area contributed by atoms with Gasteiger partial charge in [0.2, 0.25) is 5.95 Å². The Balaban J connectivity index is 2.63. The van der Waals surface area contributed by atoms with Crippen LogP contribution in [0.4, 0.5) is 4.39 Å². The first-order valence-corrected chi connectivity index (χ1v) is 6.18. The van der Waals surface area contributed by atoms with Crippen LogP contribution in [0, 0.1) is 9.52 Å². The third kappa shape index (κ3) is 2.31. The van der Waals surface area contributed by atoms with Crippen LogP contribution < -0.4 is 0 Å². The van der Waals surface area contributed by atoms with E-state index in [1.54, 1.807) is 24.3 Å². The molecule has 0 spiro atoms. The van der Waals surface area contributed by atoms with Crippen molar-refractivity contribution >= 4 is 45.8 Å². The number of pyridine rings is 1. The van der Waals surface area contributed by atoms with Gasteiger partial charge in [0.1, 0.15) is 0 Å². The van der Waals surface area contributed by atoms with Gasteiger partial charge in [-0.15, -0.1) is 0 Å². The summed E-state index contributed by atoms with van der Waals surface area (Å²) in [5.74, 6) is -0.509. The molecule has 0 aliphatic rings. The molecule has 0 atom stereocenters. The first kappa shape index (κ1) is 12.1. The van der Waals surface area contributed by atoms with E-state index in [0.29, 0.717) is 21.2 Å². The summed E-state index contributed by atoms with van der Waals surface area (Å²) in [6, 6.07) is 6.73. The SMILES string of the molecule is Fc1nccc(I)c1-c1ccc(Cl)c(Cl)c1. The van der Waals surface area contributed by atoms with Crippen LogP contribution in [0.5, 0.6) is 0 Å². The van der Waals surface area contributed by atoms with Crippen molar-refractivity contribution in [2.75, 3.05) is 0 Å². The third-order valence-electron chi connectivity index (χ3n) is 2.06. The number of benzene rings is 1. The van der Waals surface area contributed by atoms with Gasteiger partial charge in [0, 0.05) is 9.77 Å². The van der Waals surface area contributed by atoms with Gasteiger partial charge in [0.15, 0.2) is 0 Å². The molecule has 1 heterocycles. The van der Waals surface area contributed by atoms with Gasteiger partial charge in [-0.1, -0.05) is 29.3 Å². The number of aromatic nitrogens is 1. The van der Waals surface area contributed by atoms with E-state index < -0.39 is 5.95 Å². The zero-order chi connectivity index (χ0) is 11.7. The Hall–Kier alpha value is -0.390. The lowest BCUT2D eigenvalue weighted by molar-refractivity contribution is 0.586. The van der Waals surface area contributed by atoms with E-state index >= 15 is 0 Å². The van der Waals surface area contributed by atoms with E-state index in [-0.39, 0.29) is 0 Å². The molecular formula is C11H5Cl2FIN. The van der Waals surface area contributed by atoms with Crippen LogP contribution in [0.2, 0.25) is 10.0 Å². The molecule has 0 saturated heterocycles. The largest absolute Gasteiger partial charge is 0.228 e. The monoisotopic (exact) mass is 367 g/mol. The molecule has 0 bridgehead atoms. The molecule has 0 unspecified atom stereocenters. The summed E-state index contributed by atoms with van der Waals surface area (Å²) in [6.45, 7) is 0. The quantitative estimate of drug-likeness (QED) is 0.521. The van der Waals surface area contributed by atoms with E-state index in [1.807, 2.05) is 0 Å². The first-order valence-electron chi connectivity index (χ1n) is 4.35. The van der Waals surface area contributed by atoms with Crippen molar-refractivity contribution in [3.05, 3.63) is 50.0 Å². The minimum atomic E-state index is -0.509. The van der Waals surface area contributed by atoms with Crippen LogP contribution in [0.25, 0.3) is 11.1 Å². The Labute approximate surface area is 116 Å². The van der Waals surface area contributed by atoms with Crippen molar-refractivity contribution in [1.82, 2.24) is 4.98 Å². The predicted octanol–water partition coefficient (Wildman–Crippen LogP) is 4.80. The second kappa shape index (κ2) is 4.85. The molecule has 0 saturated carbocycles. The number of hydrogen-bond donors (Lipinski definition) is 0. The molecule has 0 radical (unpaired) electrons.